The number of rotatable bonds is 5. The molecule has 0 atom stereocenters. The minimum absolute atomic E-state index is 0.0466. The molecule has 0 bridgehead atoms. The van der Waals surface area contributed by atoms with E-state index in [0.717, 1.165) is 28.8 Å². The molecule has 7 nitrogen and oxygen atoms in total. The summed E-state index contributed by atoms with van der Waals surface area (Å²) >= 11 is 1.06. The number of sulfonamides is 1. The van der Waals surface area contributed by atoms with Gasteiger partial charge in [-0.1, -0.05) is 11.2 Å². The van der Waals surface area contributed by atoms with Crippen LogP contribution in [-0.2, 0) is 16.2 Å². The molecule has 3 aromatic rings. The van der Waals surface area contributed by atoms with Crippen LogP contribution in [0.5, 0.6) is 5.75 Å². The smallest absolute Gasteiger partial charge is 0.452 e. The maximum Gasteiger partial charge on any atom is 0.452 e. The fourth-order valence-corrected chi connectivity index (χ4v) is 6.44. The highest BCUT2D eigenvalue weighted by molar-refractivity contribution is 7.89. The molecule has 0 spiro atoms. The number of hydrogen-bond donors (Lipinski definition) is 0. The Labute approximate surface area is 187 Å². The summed E-state index contributed by atoms with van der Waals surface area (Å²) in [7, 11) is -2.22. The fourth-order valence-electron chi connectivity index (χ4n) is 3.51. The highest BCUT2D eigenvalue weighted by Gasteiger charge is 2.37. The Hall–Kier alpha value is -2.57. The first kappa shape index (κ1) is 22.6. The summed E-state index contributed by atoms with van der Waals surface area (Å²) in [5.74, 6) is -0.503. The van der Waals surface area contributed by atoms with E-state index < -0.39 is 22.0 Å². The molecule has 0 unspecified atom stereocenters. The SMILES string of the molecule is COc1cccc(N2CCN(S(=O)(=O)c3cc(-c4cc(C(F)(F)F)on4)sc3C)CC2)c1. The molecule has 172 valence electrons. The van der Waals surface area contributed by atoms with E-state index in [1.807, 2.05) is 24.3 Å². The maximum absolute atomic E-state index is 13.2. The van der Waals surface area contributed by atoms with Crippen molar-refractivity contribution in [2.75, 3.05) is 38.2 Å². The summed E-state index contributed by atoms with van der Waals surface area (Å²) in [6.45, 7) is 3.19. The highest BCUT2D eigenvalue weighted by atomic mass is 32.2. The molecular formula is C20H20F3N3O4S2. The maximum atomic E-state index is 13.2. The lowest BCUT2D eigenvalue weighted by atomic mass is 10.2. The topological polar surface area (TPSA) is 75.9 Å². The first-order valence-electron chi connectivity index (χ1n) is 9.63. The van der Waals surface area contributed by atoms with Crippen molar-refractivity contribution in [1.82, 2.24) is 9.46 Å². The number of anilines is 1. The zero-order valence-corrected chi connectivity index (χ0v) is 18.9. The normalized spacial score (nSPS) is 15.8. The van der Waals surface area contributed by atoms with Crippen LogP contribution in [0.25, 0.3) is 10.6 Å². The molecule has 0 amide bonds. The van der Waals surface area contributed by atoms with Crippen molar-refractivity contribution in [1.29, 1.82) is 0 Å². The molecule has 1 aliphatic heterocycles. The van der Waals surface area contributed by atoms with Crippen LogP contribution < -0.4 is 9.64 Å². The third kappa shape index (κ3) is 4.34. The zero-order chi connectivity index (χ0) is 23.1. The number of ether oxygens (including phenoxy) is 1. The Morgan fingerprint density at radius 1 is 1.12 bits per heavy atom. The average molecular weight is 488 g/mol. The lowest BCUT2D eigenvalue weighted by Gasteiger charge is -2.35. The number of benzene rings is 1. The van der Waals surface area contributed by atoms with E-state index in [1.165, 1.54) is 10.4 Å². The van der Waals surface area contributed by atoms with E-state index in [2.05, 4.69) is 14.6 Å². The number of aryl methyl sites for hydroxylation is 1. The molecule has 32 heavy (non-hydrogen) atoms. The van der Waals surface area contributed by atoms with Gasteiger partial charge in [0, 0.05) is 48.9 Å². The van der Waals surface area contributed by atoms with Crippen molar-refractivity contribution in [3.05, 3.63) is 47.0 Å². The molecule has 0 saturated carbocycles. The Bertz CT molecular complexity index is 1210. The Morgan fingerprint density at radius 3 is 2.47 bits per heavy atom. The molecule has 1 aromatic carbocycles. The van der Waals surface area contributed by atoms with Gasteiger partial charge in [-0.25, -0.2) is 8.42 Å². The van der Waals surface area contributed by atoms with E-state index >= 15 is 0 Å². The third-order valence-corrected chi connectivity index (χ3v) is 8.42. The molecule has 1 saturated heterocycles. The van der Waals surface area contributed by atoms with Gasteiger partial charge in [-0.05, 0) is 25.1 Å². The Kier molecular flexibility index (Phi) is 5.94. The lowest BCUT2D eigenvalue weighted by Crippen LogP contribution is -2.48. The number of aromatic nitrogens is 1. The molecule has 1 aliphatic rings. The van der Waals surface area contributed by atoms with Crippen molar-refractivity contribution in [2.24, 2.45) is 0 Å². The van der Waals surface area contributed by atoms with Crippen LogP contribution in [0.2, 0.25) is 0 Å². The fraction of sp³-hybridized carbons (Fsp3) is 0.350. The summed E-state index contributed by atoms with van der Waals surface area (Å²) in [6.07, 6.45) is -4.66. The Balaban J connectivity index is 1.51. The Morgan fingerprint density at radius 2 is 1.84 bits per heavy atom. The standard InChI is InChI=1S/C20H20F3N3O4S2/c1-13-18(12-17(31-13)16-11-19(30-24-16)20(21,22)23)32(27,28)26-8-6-25(7-9-26)14-4-3-5-15(10-14)29-2/h3-5,10-12H,6-9H2,1-2H3. The van der Waals surface area contributed by atoms with Crippen LogP contribution >= 0.6 is 11.3 Å². The van der Waals surface area contributed by atoms with Crippen LogP contribution in [0, 0.1) is 6.92 Å². The van der Waals surface area contributed by atoms with Crippen LogP contribution in [-0.4, -0.2) is 51.2 Å². The largest absolute Gasteiger partial charge is 0.497 e. The highest BCUT2D eigenvalue weighted by Crippen LogP contribution is 2.37. The van der Waals surface area contributed by atoms with Crippen molar-refractivity contribution < 1.29 is 30.8 Å². The first-order valence-corrected chi connectivity index (χ1v) is 11.9. The van der Waals surface area contributed by atoms with Crippen molar-refractivity contribution >= 4 is 27.0 Å². The third-order valence-electron chi connectivity index (χ3n) is 5.19. The first-order chi connectivity index (χ1) is 15.1. The molecule has 4 rings (SSSR count). The monoisotopic (exact) mass is 487 g/mol. The van der Waals surface area contributed by atoms with E-state index in [1.54, 1.807) is 14.0 Å². The summed E-state index contributed by atoms with van der Waals surface area (Å²) < 4.78 is 75.8. The predicted molar refractivity (Wildman–Crippen MR) is 114 cm³/mol. The van der Waals surface area contributed by atoms with Gasteiger partial charge in [0.15, 0.2) is 0 Å². The number of halogens is 3. The predicted octanol–water partition coefficient (Wildman–Crippen LogP) is 4.25. The van der Waals surface area contributed by atoms with Crippen LogP contribution in [0.15, 0.2) is 45.8 Å². The van der Waals surface area contributed by atoms with E-state index in [4.69, 9.17) is 4.74 Å². The quantitative estimate of drug-likeness (QED) is 0.536. The van der Waals surface area contributed by atoms with Gasteiger partial charge in [-0.3, -0.25) is 0 Å². The molecule has 3 heterocycles. The van der Waals surface area contributed by atoms with Crippen molar-refractivity contribution in [3.8, 4) is 16.3 Å². The average Bonchev–Trinajstić information content (AvgIpc) is 3.41. The van der Waals surface area contributed by atoms with Gasteiger partial charge in [0.25, 0.3) is 0 Å². The van der Waals surface area contributed by atoms with Crippen LogP contribution in [0.4, 0.5) is 18.9 Å². The van der Waals surface area contributed by atoms with Gasteiger partial charge in [-0.15, -0.1) is 11.3 Å². The second-order valence-corrected chi connectivity index (χ2v) is 10.4. The van der Waals surface area contributed by atoms with E-state index in [9.17, 15) is 21.6 Å². The molecule has 2 aromatic heterocycles. The second-order valence-electron chi connectivity index (χ2n) is 7.20. The minimum Gasteiger partial charge on any atom is -0.497 e. The number of hydrogen-bond acceptors (Lipinski definition) is 7. The summed E-state index contributed by atoms with van der Waals surface area (Å²) in [5.41, 5.74) is 0.900. The van der Waals surface area contributed by atoms with Gasteiger partial charge < -0.3 is 14.2 Å². The van der Waals surface area contributed by atoms with E-state index in [-0.39, 0.29) is 23.7 Å². The van der Waals surface area contributed by atoms with Crippen molar-refractivity contribution in [3.63, 3.8) is 0 Å². The summed E-state index contributed by atoms with van der Waals surface area (Å²) in [6, 6.07) is 9.69. The zero-order valence-electron chi connectivity index (χ0n) is 17.2. The van der Waals surface area contributed by atoms with Gasteiger partial charge in [0.05, 0.1) is 16.9 Å². The van der Waals surface area contributed by atoms with Gasteiger partial charge in [0.2, 0.25) is 15.8 Å². The molecule has 1 fully saturated rings. The van der Waals surface area contributed by atoms with Gasteiger partial charge in [0.1, 0.15) is 11.4 Å². The molecule has 12 heteroatoms. The van der Waals surface area contributed by atoms with E-state index in [0.29, 0.717) is 22.8 Å². The summed E-state index contributed by atoms with van der Waals surface area (Å²) in [5, 5.41) is 3.45. The van der Waals surface area contributed by atoms with Crippen LogP contribution in [0.3, 0.4) is 0 Å². The number of methoxy groups -OCH3 is 1. The molecule has 0 radical (unpaired) electrons. The van der Waals surface area contributed by atoms with Gasteiger partial charge >= 0.3 is 6.18 Å². The molecular weight excluding hydrogens is 467 g/mol. The van der Waals surface area contributed by atoms with Crippen molar-refractivity contribution in [2.45, 2.75) is 18.0 Å². The minimum atomic E-state index is -4.66. The number of thiophene rings is 1. The molecule has 0 N–H and O–H groups in total. The molecule has 0 aliphatic carbocycles. The number of alkyl halides is 3. The van der Waals surface area contributed by atoms with Gasteiger partial charge in [-0.2, -0.15) is 17.5 Å². The number of piperazine rings is 1. The number of nitrogens with zero attached hydrogens (tertiary/aromatic N) is 3. The van der Waals surface area contributed by atoms with Crippen LogP contribution in [0.1, 0.15) is 10.6 Å². The second kappa shape index (κ2) is 8.41. The lowest BCUT2D eigenvalue weighted by molar-refractivity contribution is -0.155. The summed E-state index contributed by atoms with van der Waals surface area (Å²) in [4.78, 5) is 2.93.